The molecule has 0 unspecified atom stereocenters. The zero-order valence-electron chi connectivity index (χ0n) is 19.3. The minimum absolute atomic E-state index is 0.110. The maximum Gasteiger partial charge on any atom is 0.318 e. The number of amides is 1. The van der Waals surface area contributed by atoms with Gasteiger partial charge in [-0.15, -0.1) is 0 Å². The molecule has 4 rings (SSSR count). The van der Waals surface area contributed by atoms with E-state index < -0.39 is 21.2 Å². The lowest BCUT2D eigenvalue weighted by atomic mass is 10.1. The van der Waals surface area contributed by atoms with E-state index >= 15 is 0 Å². The maximum atomic E-state index is 13.1. The highest BCUT2D eigenvalue weighted by atomic mass is 32.2. The van der Waals surface area contributed by atoms with Gasteiger partial charge in [-0.05, 0) is 54.1 Å². The zero-order valence-corrected chi connectivity index (χ0v) is 20.9. The van der Waals surface area contributed by atoms with Gasteiger partial charge in [0.25, 0.3) is 11.6 Å². The molecule has 11 nitrogen and oxygen atoms in total. The molecule has 0 aliphatic carbocycles. The molecular formula is C24H17N3O8S2. The van der Waals surface area contributed by atoms with Crippen molar-refractivity contribution in [3.63, 3.8) is 0 Å². The Balaban J connectivity index is 1.65. The summed E-state index contributed by atoms with van der Waals surface area (Å²) < 4.78 is 16.5. The van der Waals surface area contributed by atoms with Crippen LogP contribution in [0.3, 0.4) is 0 Å². The van der Waals surface area contributed by atoms with Crippen LogP contribution in [-0.4, -0.2) is 34.3 Å². The predicted molar refractivity (Wildman–Crippen MR) is 141 cm³/mol. The van der Waals surface area contributed by atoms with Crippen molar-refractivity contribution in [3.05, 3.63) is 91.4 Å². The maximum absolute atomic E-state index is 13.1. The Bertz CT molecular complexity index is 1460. The van der Waals surface area contributed by atoms with Crippen molar-refractivity contribution in [2.24, 2.45) is 0 Å². The second kappa shape index (κ2) is 10.6. The van der Waals surface area contributed by atoms with Crippen molar-refractivity contribution < 1.29 is 28.9 Å². The van der Waals surface area contributed by atoms with Crippen LogP contribution in [0.5, 0.6) is 23.0 Å². The molecule has 188 valence electrons. The smallest absolute Gasteiger partial charge is 0.318 e. The van der Waals surface area contributed by atoms with Gasteiger partial charge in [-0.2, -0.15) is 0 Å². The summed E-state index contributed by atoms with van der Waals surface area (Å²) in [6.45, 7) is 0. The van der Waals surface area contributed by atoms with Crippen molar-refractivity contribution in [1.82, 2.24) is 0 Å². The van der Waals surface area contributed by atoms with Gasteiger partial charge in [0.05, 0.1) is 40.7 Å². The van der Waals surface area contributed by atoms with Gasteiger partial charge in [-0.3, -0.25) is 29.9 Å². The lowest BCUT2D eigenvalue weighted by Gasteiger charge is -2.14. The van der Waals surface area contributed by atoms with Crippen LogP contribution in [-0.2, 0) is 4.79 Å². The molecule has 1 saturated heterocycles. The number of carbonyl (C=O) groups excluding carboxylic acids is 1. The van der Waals surface area contributed by atoms with Crippen LogP contribution in [0.15, 0.2) is 65.6 Å². The molecule has 3 aromatic rings. The molecule has 0 radical (unpaired) electrons. The molecule has 0 aromatic heterocycles. The Morgan fingerprint density at radius 3 is 2.22 bits per heavy atom. The molecule has 0 spiro atoms. The van der Waals surface area contributed by atoms with Gasteiger partial charge in [-0.25, -0.2) is 0 Å². The number of ether oxygens (including phenoxy) is 3. The zero-order chi connectivity index (χ0) is 26.7. The van der Waals surface area contributed by atoms with Gasteiger partial charge in [-0.1, -0.05) is 30.0 Å². The van der Waals surface area contributed by atoms with E-state index in [-0.39, 0.29) is 23.2 Å². The molecule has 1 aliphatic rings. The Hall–Kier alpha value is -4.49. The van der Waals surface area contributed by atoms with Crippen LogP contribution in [0.2, 0.25) is 0 Å². The fraction of sp³-hybridized carbons (Fsp3) is 0.0833. The largest absolute Gasteiger partial charge is 0.497 e. The van der Waals surface area contributed by atoms with Crippen LogP contribution in [0.1, 0.15) is 5.56 Å². The summed E-state index contributed by atoms with van der Waals surface area (Å²) in [5.74, 6) is 0.486. The highest BCUT2D eigenvalue weighted by Crippen LogP contribution is 2.40. The molecule has 1 heterocycles. The molecule has 0 saturated carbocycles. The van der Waals surface area contributed by atoms with Crippen molar-refractivity contribution in [3.8, 4) is 23.0 Å². The van der Waals surface area contributed by atoms with E-state index in [1.165, 1.54) is 18.1 Å². The molecule has 0 atom stereocenters. The number of hydrogen-bond donors (Lipinski definition) is 0. The normalized spacial score (nSPS) is 14.1. The minimum Gasteiger partial charge on any atom is -0.497 e. The predicted octanol–water partition coefficient (Wildman–Crippen LogP) is 5.72. The van der Waals surface area contributed by atoms with E-state index in [9.17, 15) is 25.0 Å². The van der Waals surface area contributed by atoms with Crippen LogP contribution in [0.25, 0.3) is 6.08 Å². The first-order chi connectivity index (χ1) is 17.7. The van der Waals surface area contributed by atoms with Crippen LogP contribution >= 0.6 is 24.0 Å². The molecule has 1 amide bonds. The Labute approximate surface area is 219 Å². The minimum atomic E-state index is -0.775. The van der Waals surface area contributed by atoms with Crippen molar-refractivity contribution >= 4 is 57.3 Å². The van der Waals surface area contributed by atoms with Crippen molar-refractivity contribution in [2.75, 3.05) is 19.1 Å². The summed E-state index contributed by atoms with van der Waals surface area (Å²) in [5.41, 5.74) is 0.104. The number of thiocarbonyl (C=S) groups is 1. The average molecular weight is 540 g/mol. The summed E-state index contributed by atoms with van der Waals surface area (Å²) in [6, 6.07) is 14.7. The number of nitrogens with zero attached hydrogens (tertiary/aromatic N) is 3. The Morgan fingerprint density at radius 2 is 1.59 bits per heavy atom. The van der Waals surface area contributed by atoms with Crippen LogP contribution in [0.4, 0.5) is 17.1 Å². The van der Waals surface area contributed by atoms with Crippen LogP contribution < -0.4 is 19.1 Å². The number of carbonyl (C=O) groups is 1. The highest BCUT2D eigenvalue weighted by molar-refractivity contribution is 8.27. The summed E-state index contributed by atoms with van der Waals surface area (Å²) in [7, 11) is 2.94. The number of rotatable bonds is 8. The third-order valence-corrected chi connectivity index (χ3v) is 6.48. The summed E-state index contributed by atoms with van der Waals surface area (Å²) in [6.07, 6.45) is 1.61. The first-order valence-electron chi connectivity index (χ1n) is 10.4. The van der Waals surface area contributed by atoms with Gasteiger partial charge >= 0.3 is 5.69 Å². The number of hydrogen-bond acceptors (Lipinski definition) is 10. The first-order valence-corrected chi connectivity index (χ1v) is 11.6. The Kier molecular flexibility index (Phi) is 7.36. The SMILES string of the molecule is COc1ccc(N2C(=O)/C(=C/c3ccc(OC)c(Oc4ccc([N+](=O)[O-])cc4[N+](=O)[O-])c3)SC2=S)cc1. The number of methoxy groups -OCH3 is 2. The lowest BCUT2D eigenvalue weighted by molar-refractivity contribution is -0.394. The van der Waals surface area contributed by atoms with E-state index in [2.05, 4.69) is 0 Å². The molecule has 1 fully saturated rings. The van der Waals surface area contributed by atoms with Gasteiger partial charge in [0.2, 0.25) is 5.75 Å². The summed E-state index contributed by atoms with van der Waals surface area (Å²) in [5, 5.41) is 22.5. The summed E-state index contributed by atoms with van der Waals surface area (Å²) in [4.78, 5) is 35.9. The van der Waals surface area contributed by atoms with Gasteiger partial charge in [0, 0.05) is 6.07 Å². The number of nitro benzene ring substituents is 2. The van der Waals surface area contributed by atoms with Crippen molar-refractivity contribution in [2.45, 2.75) is 0 Å². The van der Waals surface area contributed by atoms with E-state index in [4.69, 9.17) is 26.4 Å². The second-order valence-corrected chi connectivity index (χ2v) is 9.07. The number of non-ortho nitro benzene ring substituents is 1. The number of nitro groups is 2. The van der Waals surface area contributed by atoms with E-state index in [1.807, 2.05) is 0 Å². The number of benzene rings is 3. The van der Waals surface area contributed by atoms with Crippen LogP contribution in [0, 0.1) is 20.2 Å². The fourth-order valence-electron chi connectivity index (χ4n) is 3.40. The Morgan fingerprint density at radius 1 is 0.892 bits per heavy atom. The number of anilines is 1. The second-order valence-electron chi connectivity index (χ2n) is 7.39. The van der Waals surface area contributed by atoms with E-state index in [0.717, 1.165) is 30.0 Å². The molecule has 1 aliphatic heterocycles. The van der Waals surface area contributed by atoms with Gasteiger partial charge in [0.1, 0.15) is 5.75 Å². The summed E-state index contributed by atoms with van der Waals surface area (Å²) >= 11 is 6.54. The fourth-order valence-corrected chi connectivity index (χ4v) is 4.70. The first kappa shape index (κ1) is 25.6. The highest BCUT2D eigenvalue weighted by Gasteiger charge is 2.33. The van der Waals surface area contributed by atoms with Crippen molar-refractivity contribution in [1.29, 1.82) is 0 Å². The topological polar surface area (TPSA) is 134 Å². The quantitative estimate of drug-likeness (QED) is 0.151. The lowest BCUT2D eigenvalue weighted by Crippen LogP contribution is -2.27. The van der Waals surface area contributed by atoms with Gasteiger partial charge in [0.15, 0.2) is 15.8 Å². The standard InChI is InChI=1S/C24H17N3O8S2/c1-33-17-7-4-15(5-8-17)25-23(28)22(37-24(25)36)12-14-3-9-20(34-2)21(11-14)35-19-10-6-16(26(29)30)13-18(19)27(31)32/h3-13H,1-2H3/b22-12-. The molecule has 13 heteroatoms. The molecule has 3 aromatic carbocycles. The van der Waals surface area contributed by atoms with E-state index in [1.54, 1.807) is 49.6 Å². The van der Waals surface area contributed by atoms with E-state index in [0.29, 0.717) is 26.2 Å². The van der Waals surface area contributed by atoms with Gasteiger partial charge < -0.3 is 14.2 Å². The number of thioether (sulfide) groups is 1. The molecular weight excluding hydrogens is 522 g/mol. The monoisotopic (exact) mass is 539 g/mol. The molecule has 37 heavy (non-hydrogen) atoms. The molecule has 0 N–H and O–H groups in total. The third-order valence-electron chi connectivity index (χ3n) is 5.18. The molecule has 0 bridgehead atoms. The third kappa shape index (κ3) is 5.37. The average Bonchev–Trinajstić information content (AvgIpc) is 3.16.